The summed E-state index contributed by atoms with van der Waals surface area (Å²) >= 11 is 1.41. The number of aromatic nitrogens is 4. The molecule has 138 valence electrons. The standard InChI is InChI=1S/C18H23N5O2S/c24-17(12-26-18-20-21-22-23(18)15-6-2-3-7-15)19-10-13-9-14-5-1-4-8-16(14)25-11-13/h1,4-5,8,13,15H,2-3,6-7,9-12H2,(H,19,24). The molecule has 1 aliphatic heterocycles. The predicted molar refractivity (Wildman–Crippen MR) is 98.2 cm³/mol. The average Bonchev–Trinajstić information content (AvgIpc) is 3.35. The Bertz CT molecular complexity index is 760. The van der Waals surface area contributed by atoms with Crippen molar-refractivity contribution < 1.29 is 9.53 Å². The minimum Gasteiger partial charge on any atom is -0.493 e. The number of nitrogens with one attached hydrogen (secondary N) is 1. The number of thioether (sulfide) groups is 1. The van der Waals surface area contributed by atoms with Crippen LogP contribution < -0.4 is 10.1 Å². The molecule has 8 heteroatoms. The van der Waals surface area contributed by atoms with Crippen molar-refractivity contribution in [2.24, 2.45) is 5.92 Å². The molecular formula is C18H23N5O2S. The first-order chi connectivity index (χ1) is 12.8. The molecule has 4 rings (SSSR count). The Hall–Kier alpha value is -2.09. The monoisotopic (exact) mass is 373 g/mol. The van der Waals surface area contributed by atoms with Gasteiger partial charge in [-0.15, -0.1) is 5.10 Å². The molecule has 0 saturated heterocycles. The summed E-state index contributed by atoms with van der Waals surface area (Å²) in [6, 6.07) is 8.47. The van der Waals surface area contributed by atoms with Gasteiger partial charge in [-0.2, -0.15) is 0 Å². The third-order valence-electron chi connectivity index (χ3n) is 5.01. The number of carbonyl (C=O) groups is 1. The minimum atomic E-state index is 0.00910. The summed E-state index contributed by atoms with van der Waals surface area (Å²) in [5, 5.41) is 15.7. The van der Waals surface area contributed by atoms with E-state index in [1.807, 2.05) is 22.9 Å². The molecule has 1 aliphatic carbocycles. The molecule has 1 atom stereocenters. The van der Waals surface area contributed by atoms with Crippen molar-refractivity contribution in [2.75, 3.05) is 18.9 Å². The fourth-order valence-corrected chi connectivity index (χ4v) is 4.39. The first-order valence-electron chi connectivity index (χ1n) is 9.17. The first kappa shape index (κ1) is 17.3. The molecule has 1 fully saturated rings. The Balaban J connectivity index is 1.23. The number of amides is 1. The van der Waals surface area contributed by atoms with Crippen LogP contribution in [-0.2, 0) is 11.2 Å². The molecule has 26 heavy (non-hydrogen) atoms. The van der Waals surface area contributed by atoms with E-state index in [2.05, 4.69) is 26.9 Å². The Morgan fingerprint density at radius 1 is 1.31 bits per heavy atom. The van der Waals surface area contributed by atoms with Crippen molar-refractivity contribution in [2.45, 2.75) is 43.3 Å². The molecule has 1 unspecified atom stereocenters. The number of nitrogens with zero attached hydrogens (tertiary/aromatic N) is 4. The summed E-state index contributed by atoms with van der Waals surface area (Å²) < 4.78 is 7.66. The molecule has 1 aromatic heterocycles. The van der Waals surface area contributed by atoms with Gasteiger partial charge in [0.2, 0.25) is 11.1 Å². The van der Waals surface area contributed by atoms with E-state index in [0.717, 1.165) is 30.2 Å². The van der Waals surface area contributed by atoms with Crippen LogP contribution in [0.2, 0.25) is 0 Å². The van der Waals surface area contributed by atoms with Crippen molar-refractivity contribution in [1.29, 1.82) is 0 Å². The molecule has 1 amide bonds. The average molecular weight is 373 g/mol. The lowest BCUT2D eigenvalue weighted by Crippen LogP contribution is -2.35. The lowest BCUT2D eigenvalue weighted by Gasteiger charge is -2.25. The van der Waals surface area contributed by atoms with Crippen LogP contribution in [0.4, 0.5) is 0 Å². The van der Waals surface area contributed by atoms with Gasteiger partial charge in [-0.3, -0.25) is 4.79 Å². The number of ether oxygens (including phenoxy) is 1. The second kappa shape index (κ2) is 8.07. The maximum atomic E-state index is 12.2. The van der Waals surface area contributed by atoms with Gasteiger partial charge in [-0.05, 0) is 41.3 Å². The molecular weight excluding hydrogens is 350 g/mol. The van der Waals surface area contributed by atoms with Crippen molar-refractivity contribution in [3.8, 4) is 5.75 Å². The maximum Gasteiger partial charge on any atom is 0.230 e. The highest BCUT2D eigenvalue weighted by atomic mass is 32.2. The number of fused-ring (bicyclic) bond motifs is 1. The zero-order valence-corrected chi connectivity index (χ0v) is 15.5. The van der Waals surface area contributed by atoms with Gasteiger partial charge in [-0.1, -0.05) is 42.8 Å². The van der Waals surface area contributed by atoms with E-state index in [1.165, 1.54) is 30.2 Å². The third kappa shape index (κ3) is 4.00. The zero-order valence-electron chi connectivity index (χ0n) is 14.6. The van der Waals surface area contributed by atoms with Crippen LogP contribution in [0.15, 0.2) is 29.4 Å². The van der Waals surface area contributed by atoms with Crippen LogP contribution in [-0.4, -0.2) is 45.0 Å². The second-order valence-corrected chi connectivity index (χ2v) is 7.87. The van der Waals surface area contributed by atoms with Gasteiger partial charge in [0.15, 0.2) is 0 Å². The van der Waals surface area contributed by atoms with E-state index in [-0.39, 0.29) is 5.91 Å². The summed E-state index contributed by atoms with van der Waals surface area (Å²) in [7, 11) is 0. The molecule has 7 nitrogen and oxygen atoms in total. The quantitative estimate of drug-likeness (QED) is 0.782. The van der Waals surface area contributed by atoms with Crippen LogP contribution in [0, 0.1) is 5.92 Å². The van der Waals surface area contributed by atoms with E-state index in [1.54, 1.807) is 0 Å². The van der Waals surface area contributed by atoms with Crippen LogP contribution in [0.25, 0.3) is 0 Å². The molecule has 1 N–H and O–H groups in total. The Kier molecular flexibility index (Phi) is 5.38. The van der Waals surface area contributed by atoms with Gasteiger partial charge in [0.1, 0.15) is 5.75 Å². The summed E-state index contributed by atoms with van der Waals surface area (Å²) in [4.78, 5) is 12.2. The number of hydrogen-bond acceptors (Lipinski definition) is 6. The van der Waals surface area contributed by atoms with E-state index in [4.69, 9.17) is 4.74 Å². The highest BCUT2D eigenvalue weighted by Gasteiger charge is 2.23. The minimum absolute atomic E-state index is 0.00910. The fraction of sp³-hybridized carbons (Fsp3) is 0.556. The highest BCUT2D eigenvalue weighted by Crippen LogP contribution is 2.31. The van der Waals surface area contributed by atoms with Crippen LogP contribution in [0.1, 0.15) is 37.3 Å². The fourth-order valence-electron chi connectivity index (χ4n) is 3.62. The number of hydrogen-bond donors (Lipinski definition) is 1. The largest absolute Gasteiger partial charge is 0.493 e. The van der Waals surface area contributed by atoms with Gasteiger partial charge < -0.3 is 10.1 Å². The van der Waals surface area contributed by atoms with E-state index in [0.29, 0.717) is 30.9 Å². The molecule has 0 radical (unpaired) electrons. The highest BCUT2D eigenvalue weighted by molar-refractivity contribution is 7.99. The topological polar surface area (TPSA) is 81.9 Å². The van der Waals surface area contributed by atoms with Crippen molar-refractivity contribution in [3.05, 3.63) is 29.8 Å². The van der Waals surface area contributed by atoms with E-state index < -0.39 is 0 Å². The van der Waals surface area contributed by atoms with Gasteiger partial charge in [0, 0.05) is 12.5 Å². The van der Waals surface area contributed by atoms with Gasteiger partial charge in [0.05, 0.1) is 18.4 Å². The van der Waals surface area contributed by atoms with E-state index in [9.17, 15) is 4.79 Å². The van der Waals surface area contributed by atoms with Crippen molar-refractivity contribution in [3.63, 3.8) is 0 Å². The Morgan fingerprint density at radius 2 is 2.15 bits per heavy atom. The molecule has 1 saturated carbocycles. The van der Waals surface area contributed by atoms with Crippen LogP contribution >= 0.6 is 11.8 Å². The van der Waals surface area contributed by atoms with Gasteiger partial charge >= 0.3 is 0 Å². The van der Waals surface area contributed by atoms with Crippen LogP contribution in [0.3, 0.4) is 0 Å². The molecule has 2 aliphatic rings. The number of carbonyl (C=O) groups excluding carboxylic acids is 1. The van der Waals surface area contributed by atoms with Gasteiger partial charge in [-0.25, -0.2) is 4.68 Å². The predicted octanol–water partition coefficient (Wildman–Crippen LogP) is 2.25. The first-order valence-corrected chi connectivity index (χ1v) is 10.2. The zero-order chi connectivity index (χ0) is 17.8. The van der Waals surface area contributed by atoms with Crippen molar-refractivity contribution in [1.82, 2.24) is 25.5 Å². The Labute approximate surface area is 156 Å². The number of rotatable bonds is 6. The summed E-state index contributed by atoms with van der Waals surface area (Å²) in [5.41, 5.74) is 1.21. The summed E-state index contributed by atoms with van der Waals surface area (Å²) in [6.45, 7) is 1.27. The SMILES string of the molecule is O=C(CSc1nnnn1C1CCCC1)NCC1COc2ccccc2C1. The Morgan fingerprint density at radius 3 is 3.04 bits per heavy atom. The molecule has 0 spiro atoms. The van der Waals surface area contributed by atoms with Gasteiger partial charge in [0.25, 0.3) is 0 Å². The van der Waals surface area contributed by atoms with E-state index >= 15 is 0 Å². The molecule has 2 heterocycles. The lowest BCUT2D eigenvalue weighted by atomic mass is 9.97. The smallest absolute Gasteiger partial charge is 0.230 e. The number of tetrazole rings is 1. The second-order valence-electron chi connectivity index (χ2n) is 6.93. The summed E-state index contributed by atoms with van der Waals surface area (Å²) in [5.74, 6) is 1.61. The summed E-state index contributed by atoms with van der Waals surface area (Å²) in [6.07, 6.45) is 5.62. The number of para-hydroxylation sites is 1. The van der Waals surface area contributed by atoms with Crippen LogP contribution in [0.5, 0.6) is 5.75 Å². The third-order valence-corrected chi connectivity index (χ3v) is 5.94. The maximum absolute atomic E-state index is 12.2. The lowest BCUT2D eigenvalue weighted by molar-refractivity contribution is -0.118. The normalized spacial score (nSPS) is 19.8. The molecule has 0 bridgehead atoms. The molecule has 1 aromatic carbocycles. The van der Waals surface area contributed by atoms with Crippen molar-refractivity contribution >= 4 is 17.7 Å². The number of benzene rings is 1. The molecule has 2 aromatic rings.